The largest absolute Gasteiger partial charge is 0.496 e. The minimum Gasteiger partial charge on any atom is -0.496 e. The summed E-state index contributed by atoms with van der Waals surface area (Å²) in [5.74, 6) is 0.741. The minimum atomic E-state index is 0.0322. The topological polar surface area (TPSA) is 47.4 Å². The van der Waals surface area contributed by atoms with Crippen molar-refractivity contribution in [1.29, 1.82) is 0 Å². The molecular weight excluding hydrogens is 326 g/mol. The van der Waals surface area contributed by atoms with Crippen molar-refractivity contribution in [3.8, 4) is 17.0 Å². The number of methoxy groups -OCH3 is 1. The van der Waals surface area contributed by atoms with E-state index in [9.17, 15) is 4.79 Å². The summed E-state index contributed by atoms with van der Waals surface area (Å²) in [7, 11) is 1.63. The Morgan fingerprint density at radius 2 is 2.04 bits per heavy atom. The number of hydrogen-bond donors (Lipinski definition) is 0. The molecule has 0 spiro atoms. The lowest BCUT2D eigenvalue weighted by molar-refractivity contribution is 0.0644. The van der Waals surface area contributed by atoms with Crippen molar-refractivity contribution in [3.63, 3.8) is 0 Å². The third-order valence-corrected chi connectivity index (χ3v) is 4.99. The van der Waals surface area contributed by atoms with Gasteiger partial charge in [0, 0.05) is 42.3 Å². The van der Waals surface area contributed by atoms with E-state index in [-0.39, 0.29) is 11.9 Å². The van der Waals surface area contributed by atoms with E-state index >= 15 is 0 Å². The standard InChI is InChI=1S/C21H21N3O2/c1-15-19-7-5-11-23(19)12-13-24(15)21(25)16-8-9-20(26-2)17(14-16)18-6-3-4-10-22-18/h3-11,14-15H,12-13H2,1-2H3. The lowest BCUT2D eigenvalue weighted by Gasteiger charge is -2.35. The van der Waals surface area contributed by atoms with Crippen LogP contribution >= 0.6 is 0 Å². The highest BCUT2D eigenvalue weighted by Crippen LogP contribution is 2.32. The van der Waals surface area contributed by atoms with E-state index in [1.165, 1.54) is 5.69 Å². The van der Waals surface area contributed by atoms with Crippen LogP contribution in [0.25, 0.3) is 11.3 Å². The molecule has 1 amide bonds. The molecule has 0 aliphatic carbocycles. The van der Waals surface area contributed by atoms with Gasteiger partial charge in [0.05, 0.1) is 18.8 Å². The number of rotatable bonds is 3. The third-order valence-electron chi connectivity index (χ3n) is 4.99. The molecule has 3 heterocycles. The number of nitrogens with zero attached hydrogens (tertiary/aromatic N) is 3. The fourth-order valence-electron chi connectivity index (χ4n) is 3.59. The normalized spacial score (nSPS) is 16.2. The van der Waals surface area contributed by atoms with E-state index in [1.807, 2.05) is 47.4 Å². The van der Waals surface area contributed by atoms with Gasteiger partial charge in [-0.15, -0.1) is 0 Å². The van der Waals surface area contributed by atoms with Gasteiger partial charge in [0.1, 0.15) is 5.75 Å². The molecule has 1 aromatic carbocycles. The Kier molecular flexibility index (Phi) is 4.21. The molecular formula is C21H21N3O2. The zero-order valence-electron chi connectivity index (χ0n) is 14.9. The summed E-state index contributed by atoms with van der Waals surface area (Å²) < 4.78 is 7.68. The lowest BCUT2D eigenvalue weighted by Crippen LogP contribution is -2.40. The highest BCUT2D eigenvalue weighted by molar-refractivity contribution is 5.96. The molecule has 0 bridgehead atoms. The molecule has 0 saturated heterocycles. The predicted molar refractivity (Wildman–Crippen MR) is 100 cm³/mol. The average molecular weight is 347 g/mol. The zero-order valence-corrected chi connectivity index (χ0v) is 14.9. The van der Waals surface area contributed by atoms with Gasteiger partial charge < -0.3 is 14.2 Å². The molecule has 5 nitrogen and oxygen atoms in total. The SMILES string of the molecule is COc1ccc(C(=O)N2CCn3cccc3C2C)cc1-c1ccccn1. The summed E-state index contributed by atoms with van der Waals surface area (Å²) in [6.07, 6.45) is 3.81. The maximum absolute atomic E-state index is 13.2. The number of aromatic nitrogens is 2. The Morgan fingerprint density at radius 1 is 1.15 bits per heavy atom. The molecule has 1 atom stereocenters. The summed E-state index contributed by atoms with van der Waals surface area (Å²) in [6, 6.07) is 15.4. The van der Waals surface area contributed by atoms with Gasteiger partial charge in [-0.2, -0.15) is 0 Å². The van der Waals surface area contributed by atoms with Gasteiger partial charge in [0.2, 0.25) is 0 Å². The second-order valence-electron chi connectivity index (χ2n) is 6.43. The number of carbonyl (C=O) groups excluding carboxylic acids is 1. The van der Waals surface area contributed by atoms with E-state index in [4.69, 9.17) is 4.74 Å². The number of amides is 1. The lowest BCUT2D eigenvalue weighted by atomic mass is 10.0. The highest BCUT2D eigenvalue weighted by Gasteiger charge is 2.28. The Bertz CT molecular complexity index is 933. The Labute approximate surface area is 152 Å². The Hall–Kier alpha value is -3.08. The van der Waals surface area contributed by atoms with Gasteiger partial charge in [-0.1, -0.05) is 6.07 Å². The van der Waals surface area contributed by atoms with Gasteiger partial charge >= 0.3 is 0 Å². The van der Waals surface area contributed by atoms with Gasteiger partial charge in [-0.3, -0.25) is 9.78 Å². The van der Waals surface area contributed by atoms with Crippen LogP contribution in [0.4, 0.5) is 0 Å². The van der Waals surface area contributed by atoms with Crippen molar-refractivity contribution in [2.45, 2.75) is 19.5 Å². The van der Waals surface area contributed by atoms with Gasteiger partial charge in [0.25, 0.3) is 5.91 Å². The minimum absolute atomic E-state index is 0.0322. The van der Waals surface area contributed by atoms with Crippen molar-refractivity contribution in [2.24, 2.45) is 0 Å². The Balaban J connectivity index is 1.69. The van der Waals surface area contributed by atoms with Gasteiger partial charge in [-0.05, 0) is 49.4 Å². The Morgan fingerprint density at radius 3 is 2.81 bits per heavy atom. The van der Waals surface area contributed by atoms with Crippen LogP contribution in [0.5, 0.6) is 5.75 Å². The molecule has 132 valence electrons. The molecule has 5 heteroatoms. The van der Waals surface area contributed by atoms with Crippen LogP contribution in [-0.2, 0) is 6.54 Å². The number of hydrogen-bond acceptors (Lipinski definition) is 3. The molecule has 3 aromatic rings. The van der Waals surface area contributed by atoms with Crippen molar-refractivity contribution in [2.75, 3.05) is 13.7 Å². The monoisotopic (exact) mass is 347 g/mol. The molecule has 2 aromatic heterocycles. The first-order chi connectivity index (χ1) is 12.7. The maximum Gasteiger partial charge on any atom is 0.254 e. The number of pyridine rings is 1. The van der Waals surface area contributed by atoms with Crippen molar-refractivity contribution >= 4 is 5.91 Å². The first kappa shape index (κ1) is 16.4. The fourth-order valence-corrected chi connectivity index (χ4v) is 3.59. The van der Waals surface area contributed by atoms with Gasteiger partial charge in [-0.25, -0.2) is 0 Å². The van der Waals surface area contributed by atoms with Crippen LogP contribution in [0, 0.1) is 0 Å². The van der Waals surface area contributed by atoms with Crippen molar-refractivity contribution < 1.29 is 9.53 Å². The molecule has 1 aliphatic heterocycles. The summed E-state index contributed by atoms with van der Waals surface area (Å²) >= 11 is 0. The fraction of sp³-hybridized carbons (Fsp3) is 0.238. The molecule has 0 fully saturated rings. The molecule has 1 aliphatic rings. The molecule has 1 unspecified atom stereocenters. The zero-order chi connectivity index (χ0) is 18.1. The first-order valence-corrected chi connectivity index (χ1v) is 8.74. The summed E-state index contributed by atoms with van der Waals surface area (Å²) in [5, 5.41) is 0. The predicted octanol–water partition coefficient (Wildman–Crippen LogP) is 3.78. The molecule has 26 heavy (non-hydrogen) atoms. The van der Waals surface area contributed by atoms with Crippen LogP contribution < -0.4 is 4.74 Å². The quantitative estimate of drug-likeness (QED) is 0.724. The summed E-state index contributed by atoms with van der Waals surface area (Å²) in [4.78, 5) is 19.5. The van der Waals surface area contributed by atoms with Crippen LogP contribution in [0.3, 0.4) is 0 Å². The molecule has 0 saturated carbocycles. The molecule has 0 N–H and O–H groups in total. The number of carbonyl (C=O) groups is 1. The second-order valence-corrected chi connectivity index (χ2v) is 6.43. The van der Waals surface area contributed by atoms with Crippen molar-refractivity contribution in [3.05, 3.63) is 72.2 Å². The van der Waals surface area contributed by atoms with Crippen LogP contribution in [0.15, 0.2) is 60.9 Å². The average Bonchev–Trinajstić information content (AvgIpc) is 3.18. The molecule has 4 rings (SSSR count). The van der Waals surface area contributed by atoms with E-state index in [0.717, 1.165) is 17.8 Å². The van der Waals surface area contributed by atoms with Crippen LogP contribution in [0.2, 0.25) is 0 Å². The van der Waals surface area contributed by atoms with E-state index in [2.05, 4.69) is 28.7 Å². The number of fused-ring (bicyclic) bond motifs is 1. The van der Waals surface area contributed by atoms with Crippen LogP contribution in [-0.4, -0.2) is 34.0 Å². The summed E-state index contributed by atoms with van der Waals surface area (Å²) in [5.41, 5.74) is 3.44. The molecule has 0 radical (unpaired) electrons. The van der Waals surface area contributed by atoms with E-state index in [0.29, 0.717) is 17.9 Å². The van der Waals surface area contributed by atoms with Gasteiger partial charge in [0.15, 0.2) is 0 Å². The van der Waals surface area contributed by atoms with E-state index in [1.54, 1.807) is 13.3 Å². The summed E-state index contributed by atoms with van der Waals surface area (Å²) in [6.45, 7) is 3.60. The third kappa shape index (κ3) is 2.75. The van der Waals surface area contributed by atoms with Crippen molar-refractivity contribution in [1.82, 2.24) is 14.5 Å². The maximum atomic E-state index is 13.2. The van der Waals surface area contributed by atoms with E-state index < -0.39 is 0 Å². The number of ether oxygens (including phenoxy) is 1. The first-order valence-electron chi connectivity index (χ1n) is 8.74. The second kappa shape index (κ2) is 6.67. The van der Waals surface area contributed by atoms with Crippen LogP contribution in [0.1, 0.15) is 29.0 Å². The highest BCUT2D eigenvalue weighted by atomic mass is 16.5. The smallest absolute Gasteiger partial charge is 0.254 e. The number of benzene rings is 1.